The van der Waals surface area contributed by atoms with Gasteiger partial charge in [0.25, 0.3) is 0 Å². The summed E-state index contributed by atoms with van der Waals surface area (Å²) in [5, 5.41) is 0. The van der Waals surface area contributed by atoms with Crippen LogP contribution in [0.1, 0.15) is 0 Å². The third kappa shape index (κ3) is 295. The molecule has 0 aliphatic heterocycles. The van der Waals surface area contributed by atoms with Crippen molar-refractivity contribution in [2.24, 2.45) is 0 Å². The first-order valence-corrected chi connectivity index (χ1v) is 4.70. The van der Waals surface area contributed by atoms with Gasteiger partial charge in [0.15, 0.2) is 17.4 Å². The van der Waals surface area contributed by atoms with Crippen molar-refractivity contribution in [1.82, 2.24) is 0 Å². The van der Waals surface area contributed by atoms with Gasteiger partial charge in [-0.3, -0.25) is 0 Å². The monoisotopic (exact) mass is 358 g/mol. The summed E-state index contributed by atoms with van der Waals surface area (Å²) in [6, 6.07) is 0. The molecule has 0 bridgehead atoms. The van der Waals surface area contributed by atoms with Crippen LogP contribution in [0.5, 0.6) is 0 Å². The SMILES string of the molecule is O=P(O)(O)O.O=P(O)(O)O.[AlH3].[CaH2].[Zr]. The second-order valence-corrected chi connectivity index (χ2v) is 3.08. The van der Waals surface area contributed by atoms with Gasteiger partial charge in [-0.2, -0.15) is 0 Å². The first-order chi connectivity index (χ1) is 4.00. The number of rotatable bonds is 0. The Kier molecular flexibility index (Phi) is 29.6. The molecule has 0 amide bonds. The van der Waals surface area contributed by atoms with E-state index in [0.717, 1.165) is 0 Å². The Labute approximate surface area is 133 Å². The van der Waals surface area contributed by atoms with Gasteiger partial charge >= 0.3 is 53.4 Å². The van der Waals surface area contributed by atoms with Crippen molar-refractivity contribution in [3.63, 3.8) is 0 Å². The van der Waals surface area contributed by atoms with Crippen LogP contribution in [0.25, 0.3) is 0 Å². The molecule has 0 aromatic heterocycles. The molecule has 0 unspecified atom stereocenters. The van der Waals surface area contributed by atoms with Crippen LogP contribution < -0.4 is 0 Å². The van der Waals surface area contributed by atoms with Crippen molar-refractivity contribution in [2.45, 2.75) is 0 Å². The predicted molar refractivity (Wildman–Crippen MR) is 47.0 cm³/mol. The van der Waals surface area contributed by atoms with E-state index in [-0.39, 0.29) is 81.3 Å². The molecule has 0 aliphatic carbocycles. The van der Waals surface area contributed by atoms with E-state index < -0.39 is 15.6 Å². The van der Waals surface area contributed by atoms with Crippen LogP contribution >= 0.6 is 15.6 Å². The molecule has 13 heavy (non-hydrogen) atoms. The average molecular weight is 359 g/mol. The fourth-order valence-corrected chi connectivity index (χ4v) is 0. The number of phosphoric acid groups is 2. The molecule has 6 N–H and O–H groups in total. The fourth-order valence-electron chi connectivity index (χ4n) is 0. The molecule has 0 rings (SSSR count). The van der Waals surface area contributed by atoms with Gasteiger partial charge in [-0.15, -0.1) is 0 Å². The van der Waals surface area contributed by atoms with Crippen LogP contribution in [-0.4, -0.2) is 84.5 Å². The maximum absolute atomic E-state index is 8.88. The van der Waals surface area contributed by atoms with Gasteiger partial charge in [0.2, 0.25) is 0 Å². The molecule has 0 aromatic rings. The van der Waals surface area contributed by atoms with Gasteiger partial charge in [0.1, 0.15) is 0 Å². The first-order valence-electron chi connectivity index (χ1n) is 1.57. The molecule has 0 aliphatic rings. The van der Waals surface area contributed by atoms with Crippen LogP contribution in [0.4, 0.5) is 0 Å². The van der Waals surface area contributed by atoms with Gasteiger partial charge in [0, 0.05) is 26.2 Å². The molecule has 0 spiro atoms. The molecule has 0 saturated carbocycles. The normalized spacial score (nSPS) is 9.08. The smallest absolute Gasteiger partial charge is 0 e. The first kappa shape index (κ1) is 29.7. The van der Waals surface area contributed by atoms with Crippen molar-refractivity contribution < 1.29 is 64.7 Å². The molecular weight excluding hydrogens is 348 g/mol. The number of hydrogen-bond donors (Lipinski definition) is 6. The van der Waals surface area contributed by atoms with E-state index in [9.17, 15) is 0 Å². The Morgan fingerprint density at radius 1 is 0.692 bits per heavy atom. The Bertz CT molecular complexity index is 134. The minimum absolute atomic E-state index is 0. The van der Waals surface area contributed by atoms with Gasteiger partial charge in [0.05, 0.1) is 0 Å². The van der Waals surface area contributed by atoms with E-state index in [0.29, 0.717) is 0 Å². The second-order valence-electron chi connectivity index (χ2n) is 1.03. The largest absolute Gasteiger partial charge is 0 e. The van der Waals surface area contributed by atoms with E-state index in [1.165, 1.54) is 0 Å². The molecule has 0 saturated heterocycles. The van der Waals surface area contributed by atoms with Crippen molar-refractivity contribution >= 4 is 70.7 Å². The zero-order valence-corrected chi connectivity index (χ0v) is 9.14. The Morgan fingerprint density at radius 3 is 0.692 bits per heavy atom. The zero-order chi connectivity index (χ0) is 9.00. The molecule has 0 radical (unpaired) electrons. The molecule has 0 heterocycles. The number of hydrogen-bond acceptors (Lipinski definition) is 2. The topological polar surface area (TPSA) is 156 Å². The van der Waals surface area contributed by atoms with E-state index in [2.05, 4.69) is 0 Å². The molecule has 13 heteroatoms. The maximum Gasteiger partial charge on any atom is 0 e. The maximum atomic E-state index is 8.88. The van der Waals surface area contributed by atoms with Gasteiger partial charge < -0.3 is 29.4 Å². The summed E-state index contributed by atoms with van der Waals surface area (Å²) in [6.07, 6.45) is 0. The van der Waals surface area contributed by atoms with E-state index in [1.54, 1.807) is 0 Å². The second kappa shape index (κ2) is 13.0. The van der Waals surface area contributed by atoms with E-state index in [1.807, 2.05) is 0 Å². The van der Waals surface area contributed by atoms with Crippen LogP contribution in [0.2, 0.25) is 0 Å². The summed E-state index contributed by atoms with van der Waals surface area (Å²) in [5.74, 6) is 0. The third-order valence-electron chi connectivity index (χ3n) is 0. The van der Waals surface area contributed by atoms with Crippen molar-refractivity contribution in [2.75, 3.05) is 0 Å². The van der Waals surface area contributed by atoms with Gasteiger partial charge in [-0.1, -0.05) is 0 Å². The molecule has 8 nitrogen and oxygen atoms in total. The summed E-state index contributed by atoms with van der Waals surface area (Å²) >= 11 is 0. The molecule has 78 valence electrons. The molecular formula is H11AlCaO8P2Zr. The quantitative estimate of drug-likeness (QED) is 0.189. The molecule has 0 atom stereocenters. The van der Waals surface area contributed by atoms with Crippen LogP contribution in [0, 0.1) is 0 Å². The van der Waals surface area contributed by atoms with Crippen LogP contribution in [0.3, 0.4) is 0 Å². The van der Waals surface area contributed by atoms with Crippen LogP contribution in [0.15, 0.2) is 0 Å². The minimum Gasteiger partial charge on any atom is 0 e. The molecule has 0 fully saturated rings. The fraction of sp³-hybridized carbons (Fsp3) is 0. The molecule has 0 aromatic carbocycles. The third-order valence-corrected chi connectivity index (χ3v) is 0. The van der Waals surface area contributed by atoms with Crippen molar-refractivity contribution in [3.8, 4) is 0 Å². The van der Waals surface area contributed by atoms with Gasteiger partial charge in [-0.05, 0) is 0 Å². The summed E-state index contributed by atoms with van der Waals surface area (Å²) in [6.45, 7) is 0. The minimum atomic E-state index is -4.64. The van der Waals surface area contributed by atoms with E-state index in [4.69, 9.17) is 38.5 Å². The standard InChI is InChI=1S/Al.Ca.2H3O4P.Zr.5H/c;;2*1-5(2,3)4;;;;;;/h;;2*(H3,1,2,3,4);;;;;;. The summed E-state index contributed by atoms with van der Waals surface area (Å²) < 4.78 is 17.8. The Balaban J connectivity index is -0.0000000267. The zero-order valence-electron chi connectivity index (χ0n) is 4.89. The van der Waals surface area contributed by atoms with Crippen molar-refractivity contribution in [1.29, 1.82) is 0 Å². The average Bonchev–Trinajstić information content (AvgIpc) is 1.12. The predicted octanol–water partition coefficient (Wildman–Crippen LogP) is -3.96. The Morgan fingerprint density at radius 2 is 0.692 bits per heavy atom. The summed E-state index contributed by atoms with van der Waals surface area (Å²) in [7, 11) is -9.28. The van der Waals surface area contributed by atoms with Gasteiger partial charge in [-0.25, -0.2) is 9.13 Å². The van der Waals surface area contributed by atoms with Crippen molar-refractivity contribution in [3.05, 3.63) is 0 Å². The summed E-state index contributed by atoms with van der Waals surface area (Å²) in [4.78, 5) is 43.1. The van der Waals surface area contributed by atoms with Crippen LogP contribution in [-0.2, 0) is 35.3 Å². The Hall–Kier alpha value is 2.90. The van der Waals surface area contributed by atoms with E-state index >= 15 is 0 Å². The summed E-state index contributed by atoms with van der Waals surface area (Å²) in [5.41, 5.74) is 0.